The first-order valence-electron chi connectivity index (χ1n) is 4.27. The smallest absolute Gasteiger partial charge is 0.164 e. The van der Waals surface area contributed by atoms with Crippen LogP contribution in [-0.4, -0.2) is 20.2 Å². The van der Waals surface area contributed by atoms with Crippen molar-refractivity contribution in [2.24, 2.45) is 0 Å². The molecule has 14 heavy (non-hydrogen) atoms. The van der Waals surface area contributed by atoms with E-state index >= 15 is 0 Å². The number of nitrogens with one attached hydrogen (secondary N) is 2. The van der Waals surface area contributed by atoms with Crippen LogP contribution in [0.3, 0.4) is 0 Å². The minimum Gasteiger partial charge on any atom is -0.507 e. The maximum atomic E-state index is 9.86. The van der Waals surface area contributed by atoms with Crippen LogP contribution in [0, 0.1) is 0 Å². The minimum atomic E-state index is 0.141. The van der Waals surface area contributed by atoms with E-state index < -0.39 is 0 Å². The predicted octanol–water partition coefficient (Wildman–Crippen LogP) is 2.06. The maximum Gasteiger partial charge on any atom is 0.164 e. The number of H-pyrrole nitrogens is 2. The van der Waals surface area contributed by atoms with Crippen LogP contribution >= 0.6 is 0 Å². The highest BCUT2D eigenvalue weighted by Gasteiger charge is 2.13. The van der Waals surface area contributed by atoms with Gasteiger partial charge in [0.1, 0.15) is 5.75 Å². The molecular weight excluding hydrogens is 180 g/mol. The van der Waals surface area contributed by atoms with Gasteiger partial charge in [-0.05, 0) is 12.1 Å². The van der Waals surface area contributed by atoms with E-state index in [9.17, 15) is 10.2 Å². The Bertz CT molecular complexity index is 519. The fraction of sp³-hybridized carbons (Fsp3) is 0. The van der Waals surface area contributed by atoms with E-state index in [2.05, 4.69) is 9.97 Å². The summed E-state index contributed by atoms with van der Waals surface area (Å²) in [6.07, 6.45) is 3.37. The Morgan fingerprint density at radius 1 is 0.786 bits per heavy atom. The number of rotatable bonds is 0. The first kappa shape index (κ1) is 7.32. The average molecular weight is 188 g/mol. The van der Waals surface area contributed by atoms with Gasteiger partial charge < -0.3 is 20.2 Å². The second kappa shape index (κ2) is 2.23. The minimum absolute atomic E-state index is 0.141. The Balaban J connectivity index is 2.72. The molecule has 4 heteroatoms. The zero-order chi connectivity index (χ0) is 9.71. The number of phenols is 2. The molecular formula is C10H8N2O2. The second-order valence-corrected chi connectivity index (χ2v) is 3.23. The van der Waals surface area contributed by atoms with Crippen molar-refractivity contribution in [1.82, 2.24) is 9.97 Å². The van der Waals surface area contributed by atoms with E-state index in [0.717, 1.165) is 0 Å². The standard InChI is InChI=1S/C10H8N2O2/c13-9-5-1-3-11-7(5)10(14)8-6(9)2-4-12-8/h1-4,11-14H. The molecule has 70 valence electrons. The van der Waals surface area contributed by atoms with Crippen LogP contribution in [0.5, 0.6) is 11.5 Å². The van der Waals surface area contributed by atoms with Crippen LogP contribution in [0.4, 0.5) is 0 Å². The van der Waals surface area contributed by atoms with Gasteiger partial charge in [-0.1, -0.05) is 0 Å². The van der Waals surface area contributed by atoms with Crippen molar-refractivity contribution in [3.05, 3.63) is 24.5 Å². The number of fused-ring (bicyclic) bond motifs is 2. The number of phenolic OH excluding ortho intramolecular Hbond substituents is 2. The summed E-state index contributed by atoms with van der Waals surface area (Å²) < 4.78 is 0. The van der Waals surface area contributed by atoms with Gasteiger partial charge in [-0.3, -0.25) is 0 Å². The lowest BCUT2D eigenvalue weighted by Gasteiger charge is -2.01. The highest BCUT2D eigenvalue weighted by molar-refractivity contribution is 6.08. The first-order chi connectivity index (χ1) is 6.79. The number of aromatic nitrogens is 2. The molecule has 4 nitrogen and oxygen atoms in total. The first-order valence-corrected chi connectivity index (χ1v) is 4.27. The maximum absolute atomic E-state index is 9.86. The van der Waals surface area contributed by atoms with Crippen molar-refractivity contribution >= 4 is 21.8 Å². The van der Waals surface area contributed by atoms with Crippen LogP contribution in [0.2, 0.25) is 0 Å². The molecule has 2 aromatic heterocycles. The largest absolute Gasteiger partial charge is 0.507 e. The SMILES string of the molecule is Oc1c2cc[nH]c2c(O)c2[nH]ccc12. The summed E-state index contributed by atoms with van der Waals surface area (Å²) in [6.45, 7) is 0. The molecule has 0 unspecified atom stereocenters. The molecule has 0 fully saturated rings. The quantitative estimate of drug-likeness (QED) is 0.408. The van der Waals surface area contributed by atoms with E-state index in [1.807, 2.05) is 0 Å². The van der Waals surface area contributed by atoms with Gasteiger partial charge in [-0.2, -0.15) is 0 Å². The zero-order valence-electron chi connectivity index (χ0n) is 7.20. The highest BCUT2D eigenvalue weighted by atomic mass is 16.3. The van der Waals surface area contributed by atoms with Crippen molar-refractivity contribution < 1.29 is 10.2 Å². The predicted molar refractivity (Wildman–Crippen MR) is 53.5 cm³/mol. The van der Waals surface area contributed by atoms with E-state index in [1.165, 1.54) is 0 Å². The summed E-state index contributed by atoms with van der Waals surface area (Å²) in [7, 11) is 0. The molecule has 0 radical (unpaired) electrons. The monoisotopic (exact) mass is 188 g/mol. The van der Waals surface area contributed by atoms with Crippen LogP contribution in [0.1, 0.15) is 0 Å². The summed E-state index contributed by atoms with van der Waals surface area (Å²) in [5.41, 5.74) is 1.11. The van der Waals surface area contributed by atoms with Gasteiger partial charge in [0.15, 0.2) is 5.75 Å². The van der Waals surface area contributed by atoms with Crippen LogP contribution in [-0.2, 0) is 0 Å². The molecule has 0 aliphatic carbocycles. The number of benzene rings is 1. The molecule has 0 saturated carbocycles. The summed E-state index contributed by atoms with van der Waals surface area (Å²) in [6, 6.07) is 3.47. The summed E-state index contributed by atoms with van der Waals surface area (Å²) in [5.74, 6) is 0.332. The van der Waals surface area contributed by atoms with Gasteiger partial charge in [-0.25, -0.2) is 0 Å². The summed E-state index contributed by atoms with van der Waals surface area (Å²) in [4.78, 5) is 5.76. The second-order valence-electron chi connectivity index (χ2n) is 3.23. The van der Waals surface area contributed by atoms with Gasteiger partial charge in [0.25, 0.3) is 0 Å². The van der Waals surface area contributed by atoms with Crippen molar-refractivity contribution in [3.63, 3.8) is 0 Å². The van der Waals surface area contributed by atoms with E-state index in [4.69, 9.17) is 0 Å². The molecule has 2 heterocycles. The van der Waals surface area contributed by atoms with Crippen molar-refractivity contribution in [2.45, 2.75) is 0 Å². The molecule has 1 aromatic carbocycles. The number of hydrogen-bond acceptors (Lipinski definition) is 2. The molecule has 0 aliphatic rings. The molecule has 0 atom stereocenters. The third kappa shape index (κ3) is 0.682. The lowest BCUT2D eigenvalue weighted by atomic mass is 10.1. The number of hydrogen-bond donors (Lipinski definition) is 4. The van der Waals surface area contributed by atoms with Crippen molar-refractivity contribution in [2.75, 3.05) is 0 Å². The summed E-state index contributed by atoms with van der Waals surface area (Å²) in [5, 5.41) is 21.0. The molecule has 0 spiro atoms. The average Bonchev–Trinajstić information content (AvgIpc) is 2.82. The van der Waals surface area contributed by atoms with Gasteiger partial charge in [0, 0.05) is 23.2 Å². The van der Waals surface area contributed by atoms with Crippen LogP contribution < -0.4 is 0 Å². The van der Waals surface area contributed by atoms with Crippen molar-refractivity contribution in [3.8, 4) is 11.5 Å². The fourth-order valence-corrected chi connectivity index (χ4v) is 1.80. The molecule has 3 rings (SSSR count). The number of aromatic amines is 2. The Labute approximate surface area is 78.8 Å². The number of aromatic hydroxyl groups is 2. The Morgan fingerprint density at radius 3 is 1.79 bits per heavy atom. The van der Waals surface area contributed by atoms with E-state index in [0.29, 0.717) is 21.8 Å². The van der Waals surface area contributed by atoms with E-state index in [-0.39, 0.29) is 11.5 Å². The molecule has 0 aliphatic heterocycles. The van der Waals surface area contributed by atoms with Gasteiger partial charge in [-0.15, -0.1) is 0 Å². The molecule has 0 amide bonds. The van der Waals surface area contributed by atoms with Gasteiger partial charge >= 0.3 is 0 Å². The Kier molecular flexibility index (Phi) is 1.16. The molecule has 3 aromatic rings. The lowest BCUT2D eigenvalue weighted by Crippen LogP contribution is -1.76. The Hall–Kier alpha value is -2.10. The Morgan fingerprint density at radius 2 is 1.29 bits per heavy atom. The van der Waals surface area contributed by atoms with Gasteiger partial charge in [0.05, 0.1) is 11.0 Å². The summed E-state index contributed by atoms with van der Waals surface area (Å²) >= 11 is 0. The normalized spacial score (nSPS) is 11.4. The molecule has 0 bridgehead atoms. The van der Waals surface area contributed by atoms with E-state index in [1.54, 1.807) is 24.5 Å². The zero-order valence-corrected chi connectivity index (χ0v) is 7.20. The molecule has 0 saturated heterocycles. The topological polar surface area (TPSA) is 72.0 Å². The third-order valence-corrected chi connectivity index (χ3v) is 2.48. The molecule has 4 N–H and O–H groups in total. The van der Waals surface area contributed by atoms with Crippen LogP contribution in [0.25, 0.3) is 21.8 Å². The third-order valence-electron chi connectivity index (χ3n) is 2.48. The van der Waals surface area contributed by atoms with Gasteiger partial charge in [0.2, 0.25) is 0 Å². The fourth-order valence-electron chi connectivity index (χ4n) is 1.80. The van der Waals surface area contributed by atoms with Crippen molar-refractivity contribution in [1.29, 1.82) is 0 Å². The highest BCUT2D eigenvalue weighted by Crippen LogP contribution is 2.39. The lowest BCUT2D eigenvalue weighted by molar-refractivity contribution is 0.477. The van der Waals surface area contributed by atoms with Crippen LogP contribution in [0.15, 0.2) is 24.5 Å².